The minimum Gasteiger partial charge on any atom is -0.376 e. The number of fused-ring (bicyclic) bond motifs is 5. The molecule has 0 saturated carbocycles. The molecule has 2 nitrogen and oxygen atoms in total. The number of para-hydroxylation sites is 2. The van der Waals surface area contributed by atoms with Crippen molar-refractivity contribution in [3.8, 4) is 39.1 Å². The number of hydrogen-bond acceptors (Lipinski definition) is 1. The maximum Gasteiger partial charge on any atom is 0.0569 e. The van der Waals surface area contributed by atoms with Crippen LogP contribution < -0.4 is 5.32 Å². The van der Waals surface area contributed by atoms with E-state index in [2.05, 4.69) is 213 Å². The molecule has 0 bridgehead atoms. The molecule has 10 rings (SSSR count). The van der Waals surface area contributed by atoms with Crippen LogP contribution in [-0.4, -0.2) is 10.1 Å². The summed E-state index contributed by atoms with van der Waals surface area (Å²) in [5.41, 5.74) is 17.4. The Hall–Kier alpha value is -6.38. The fourth-order valence-electron chi connectivity index (χ4n) is 9.07. The van der Waals surface area contributed by atoms with Gasteiger partial charge in [0.15, 0.2) is 0 Å². The van der Waals surface area contributed by atoms with Crippen LogP contribution in [0.4, 0.5) is 5.69 Å². The highest BCUT2D eigenvalue weighted by atomic mass is 15.0. The maximum atomic E-state index is 4.08. The number of nitrogens with zero attached hydrogens (tertiary/aromatic N) is 1. The van der Waals surface area contributed by atoms with Crippen molar-refractivity contribution in [3.05, 3.63) is 199 Å². The summed E-state index contributed by atoms with van der Waals surface area (Å²) in [7, 11) is 0. The number of benzene rings is 7. The van der Waals surface area contributed by atoms with Gasteiger partial charge in [-0.1, -0.05) is 153 Å². The Balaban J connectivity index is 1.07. The molecule has 0 spiro atoms. The average molecular weight is 695 g/mol. The van der Waals surface area contributed by atoms with E-state index in [1.165, 1.54) is 83.1 Å². The second kappa shape index (κ2) is 12.4. The monoisotopic (exact) mass is 694 g/mol. The summed E-state index contributed by atoms with van der Waals surface area (Å²) in [4.78, 5) is 0. The SMILES string of the molecule is CC1(Nc2ccc(-c3ccc4c(c3)c3ccccc3n4-c3ccccc3)cc2-c2ccc(-c3ccccc3)cc2)C=CC2=C(C1)C(C)(C)c1ccccc12. The molecule has 2 aliphatic rings. The van der Waals surface area contributed by atoms with Gasteiger partial charge in [0.25, 0.3) is 0 Å². The van der Waals surface area contributed by atoms with Crippen LogP contribution in [0.1, 0.15) is 38.3 Å². The maximum absolute atomic E-state index is 4.08. The zero-order valence-corrected chi connectivity index (χ0v) is 31.0. The molecule has 0 radical (unpaired) electrons. The summed E-state index contributed by atoms with van der Waals surface area (Å²) in [5.74, 6) is 0. The lowest BCUT2D eigenvalue weighted by Crippen LogP contribution is -2.37. The number of nitrogens with one attached hydrogen (secondary N) is 1. The Morgan fingerprint density at radius 3 is 1.93 bits per heavy atom. The lowest BCUT2D eigenvalue weighted by atomic mass is 9.74. The molecule has 54 heavy (non-hydrogen) atoms. The van der Waals surface area contributed by atoms with Crippen LogP contribution in [0.3, 0.4) is 0 Å². The normalized spacial score (nSPS) is 17.2. The highest BCUT2D eigenvalue weighted by Gasteiger charge is 2.41. The first kappa shape index (κ1) is 32.3. The van der Waals surface area contributed by atoms with Gasteiger partial charge in [-0.05, 0) is 106 Å². The lowest BCUT2D eigenvalue weighted by molar-refractivity contribution is 0.536. The number of rotatable bonds is 6. The van der Waals surface area contributed by atoms with Gasteiger partial charge in [-0.15, -0.1) is 0 Å². The fourth-order valence-corrected chi connectivity index (χ4v) is 9.07. The molecule has 1 unspecified atom stereocenters. The van der Waals surface area contributed by atoms with Gasteiger partial charge in [0.05, 0.1) is 16.6 Å². The lowest BCUT2D eigenvalue weighted by Gasteiger charge is -2.37. The van der Waals surface area contributed by atoms with Crippen LogP contribution >= 0.6 is 0 Å². The van der Waals surface area contributed by atoms with E-state index in [1.807, 2.05) is 0 Å². The van der Waals surface area contributed by atoms with Gasteiger partial charge in [-0.2, -0.15) is 0 Å². The predicted octanol–water partition coefficient (Wildman–Crippen LogP) is 13.7. The van der Waals surface area contributed by atoms with Crippen LogP contribution in [0.15, 0.2) is 188 Å². The summed E-state index contributed by atoms with van der Waals surface area (Å²) in [6, 6.07) is 62.0. The van der Waals surface area contributed by atoms with Crippen molar-refractivity contribution in [1.29, 1.82) is 0 Å². The Morgan fingerprint density at radius 1 is 0.500 bits per heavy atom. The van der Waals surface area contributed by atoms with E-state index >= 15 is 0 Å². The number of allylic oxidation sites excluding steroid dienone is 2. The van der Waals surface area contributed by atoms with Crippen LogP contribution in [0.2, 0.25) is 0 Å². The molecule has 0 aliphatic heterocycles. The molecule has 8 aromatic rings. The highest BCUT2D eigenvalue weighted by molar-refractivity contribution is 6.10. The third-order valence-corrected chi connectivity index (χ3v) is 11.9. The first-order valence-corrected chi connectivity index (χ1v) is 19.1. The van der Waals surface area contributed by atoms with E-state index in [0.717, 1.165) is 12.1 Å². The Bertz CT molecular complexity index is 2780. The standard InChI is InChI=1S/C52H42N2/c1-51(2)46-20-12-10-18-41(46)42-30-31-52(3,34-47(42)51)53-48-28-26-38(32-44(48)37-24-22-36(23-25-37)35-14-6-4-7-15-35)39-27-29-50-45(33-39)43-19-11-13-21-49(43)54(50)40-16-8-5-9-17-40/h4-33,53H,34H2,1-3H3. The first-order chi connectivity index (χ1) is 26.4. The summed E-state index contributed by atoms with van der Waals surface area (Å²) >= 11 is 0. The zero-order valence-electron chi connectivity index (χ0n) is 31.0. The predicted molar refractivity (Wildman–Crippen MR) is 229 cm³/mol. The second-order valence-corrected chi connectivity index (χ2v) is 15.7. The molecular formula is C52H42N2. The summed E-state index contributed by atoms with van der Waals surface area (Å²) in [5, 5.41) is 6.59. The van der Waals surface area contributed by atoms with Crippen molar-refractivity contribution in [2.45, 2.75) is 38.1 Å². The van der Waals surface area contributed by atoms with E-state index in [1.54, 1.807) is 0 Å². The van der Waals surface area contributed by atoms with Crippen molar-refractivity contribution in [2.75, 3.05) is 5.32 Å². The number of aromatic nitrogens is 1. The summed E-state index contributed by atoms with van der Waals surface area (Å²) in [6.07, 6.45) is 5.69. The molecule has 2 aliphatic carbocycles. The van der Waals surface area contributed by atoms with E-state index in [0.29, 0.717) is 0 Å². The van der Waals surface area contributed by atoms with Crippen LogP contribution in [0.25, 0.3) is 66.4 Å². The third kappa shape index (κ3) is 5.24. The van der Waals surface area contributed by atoms with E-state index in [9.17, 15) is 0 Å². The van der Waals surface area contributed by atoms with Gasteiger partial charge in [0.1, 0.15) is 0 Å². The molecule has 1 atom stereocenters. The van der Waals surface area contributed by atoms with Gasteiger partial charge in [-0.3, -0.25) is 0 Å². The molecule has 1 heterocycles. The summed E-state index contributed by atoms with van der Waals surface area (Å²) in [6.45, 7) is 7.12. The van der Waals surface area contributed by atoms with E-state index in [4.69, 9.17) is 0 Å². The highest BCUT2D eigenvalue weighted by Crippen LogP contribution is 2.52. The van der Waals surface area contributed by atoms with Crippen LogP contribution in [0, 0.1) is 0 Å². The largest absolute Gasteiger partial charge is 0.376 e. The molecular weight excluding hydrogens is 653 g/mol. The van der Waals surface area contributed by atoms with Crippen molar-refractivity contribution < 1.29 is 0 Å². The van der Waals surface area contributed by atoms with Gasteiger partial charge < -0.3 is 9.88 Å². The van der Waals surface area contributed by atoms with Crippen LogP contribution in [-0.2, 0) is 5.41 Å². The average Bonchev–Trinajstić information content (AvgIpc) is 3.66. The van der Waals surface area contributed by atoms with Crippen molar-refractivity contribution in [3.63, 3.8) is 0 Å². The molecule has 0 amide bonds. The van der Waals surface area contributed by atoms with Crippen molar-refractivity contribution in [1.82, 2.24) is 4.57 Å². The molecule has 1 N–H and O–H groups in total. The Labute approximate surface area is 317 Å². The minimum absolute atomic E-state index is 0.0120. The molecule has 2 heteroatoms. The number of hydrogen-bond donors (Lipinski definition) is 1. The van der Waals surface area contributed by atoms with Crippen molar-refractivity contribution in [2.24, 2.45) is 0 Å². The molecule has 7 aromatic carbocycles. The smallest absolute Gasteiger partial charge is 0.0569 e. The van der Waals surface area contributed by atoms with E-state index < -0.39 is 0 Å². The van der Waals surface area contributed by atoms with Crippen LogP contribution in [0.5, 0.6) is 0 Å². The third-order valence-electron chi connectivity index (χ3n) is 11.9. The quantitative estimate of drug-likeness (QED) is 0.183. The van der Waals surface area contributed by atoms with Gasteiger partial charge >= 0.3 is 0 Å². The topological polar surface area (TPSA) is 17.0 Å². The zero-order chi connectivity index (χ0) is 36.4. The Morgan fingerprint density at radius 2 is 1.11 bits per heavy atom. The molecule has 0 fully saturated rings. The molecule has 0 saturated heterocycles. The molecule has 1 aromatic heterocycles. The fraction of sp³-hybridized carbons (Fsp3) is 0.115. The van der Waals surface area contributed by atoms with Gasteiger partial charge in [-0.25, -0.2) is 0 Å². The Kier molecular flexibility index (Phi) is 7.39. The summed E-state index contributed by atoms with van der Waals surface area (Å²) < 4.78 is 2.38. The number of anilines is 1. The molecule has 260 valence electrons. The van der Waals surface area contributed by atoms with Crippen molar-refractivity contribution >= 4 is 33.1 Å². The van der Waals surface area contributed by atoms with Gasteiger partial charge in [0.2, 0.25) is 0 Å². The van der Waals surface area contributed by atoms with E-state index in [-0.39, 0.29) is 11.0 Å². The van der Waals surface area contributed by atoms with Gasteiger partial charge in [0, 0.05) is 33.1 Å². The minimum atomic E-state index is -0.253. The second-order valence-electron chi connectivity index (χ2n) is 15.7. The first-order valence-electron chi connectivity index (χ1n) is 19.1.